The van der Waals surface area contributed by atoms with Crippen molar-refractivity contribution < 1.29 is 4.74 Å². The van der Waals surface area contributed by atoms with Crippen molar-refractivity contribution in [3.05, 3.63) is 28.8 Å². The molecule has 0 aliphatic heterocycles. The molecule has 1 aromatic rings. The van der Waals surface area contributed by atoms with Crippen LogP contribution in [0.2, 0.25) is 5.02 Å². The number of rotatable bonds is 7. The molecule has 0 saturated carbocycles. The molecule has 0 aliphatic carbocycles. The summed E-state index contributed by atoms with van der Waals surface area (Å²) in [6.07, 6.45) is 2.39. The number of hydrogen-bond donors (Lipinski definition) is 1. The summed E-state index contributed by atoms with van der Waals surface area (Å²) in [5.41, 5.74) is 1.13. The molecular formula is C14H22ClNO. The Bertz CT molecular complexity index is 341. The van der Waals surface area contributed by atoms with Crippen LogP contribution in [0.25, 0.3) is 0 Å². The molecule has 1 unspecified atom stereocenters. The quantitative estimate of drug-likeness (QED) is 0.800. The molecule has 0 spiro atoms. The molecule has 1 atom stereocenters. The largest absolute Gasteiger partial charge is 0.489 e. The maximum atomic E-state index is 6.02. The monoisotopic (exact) mass is 255 g/mol. The molecule has 0 amide bonds. The van der Waals surface area contributed by atoms with Crippen LogP contribution in [0, 0.1) is 6.92 Å². The van der Waals surface area contributed by atoms with E-state index in [0.717, 1.165) is 42.3 Å². The Morgan fingerprint density at radius 2 is 2.12 bits per heavy atom. The number of halogens is 1. The van der Waals surface area contributed by atoms with Gasteiger partial charge in [-0.1, -0.05) is 37.9 Å². The molecule has 1 rings (SSSR count). The summed E-state index contributed by atoms with van der Waals surface area (Å²) >= 11 is 5.99. The highest BCUT2D eigenvalue weighted by molar-refractivity contribution is 6.30. The normalized spacial score (nSPS) is 12.5. The van der Waals surface area contributed by atoms with Gasteiger partial charge in [-0.2, -0.15) is 0 Å². The average molecular weight is 256 g/mol. The fraction of sp³-hybridized carbons (Fsp3) is 0.571. The molecule has 1 aromatic carbocycles. The number of likely N-dealkylation sites (N-methyl/N-ethyl adjacent to an activating group) is 1. The Morgan fingerprint density at radius 1 is 1.35 bits per heavy atom. The molecule has 2 nitrogen and oxygen atoms in total. The summed E-state index contributed by atoms with van der Waals surface area (Å²) in [6, 6.07) is 5.78. The highest BCUT2D eigenvalue weighted by Crippen LogP contribution is 2.24. The summed E-state index contributed by atoms with van der Waals surface area (Å²) in [4.78, 5) is 0. The van der Waals surface area contributed by atoms with Crippen molar-refractivity contribution in [2.75, 3.05) is 13.1 Å². The topological polar surface area (TPSA) is 21.3 Å². The predicted molar refractivity (Wildman–Crippen MR) is 74.1 cm³/mol. The number of benzene rings is 1. The van der Waals surface area contributed by atoms with Crippen molar-refractivity contribution in [1.82, 2.24) is 5.32 Å². The SMILES string of the molecule is CCCC(CNCC)Oc1cc(Cl)ccc1C. The molecular weight excluding hydrogens is 234 g/mol. The van der Waals surface area contributed by atoms with Crippen LogP contribution < -0.4 is 10.1 Å². The molecule has 17 heavy (non-hydrogen) atoms. The Balaban J connectivity index is 2.67. The Labute approximate surface area is 109 Å². The van der Waals surface area contributed by atoms with Crippen LogP contribution in [0.4, 0.5) is 0 Å². The van der Waals surface area contributed by atoms with E-state index in [4.69, 9.17) is 16.3 Å². The maximum Gasteiger partial charge on any atom is 0.124 e. The van der Waals surface area contributed by atoms with Gasteiger partial charge in [-0.15, -0.1) is 0 Å². The third-order valence-electron chi connectivity index (χ3n) is 2.68. The molecule has 3 heteroatoms. The minimum absolute atomic E-state index is 0.220. The molecule has 1 N–H and O–H groups in total. The van der Waals surface area contributed by atoms with Crippen LogP contribution in [0.3, 0.4) is 0 Å². The maximum absolute atomic E-state index is 6.02. The number of ether oxygens (including phenoxy) is 1. The first-order valence-corrected chi connectivity index (χ1v) is 6.68. The third-order valence-corrected chi connectivity index (χ3v) is 2.91. The fourth-order valence-corrected chi connectivity index (χ4v) is 1.87. The highest BCUT2D eigenvalue weighted by Gasteiger charge is 2.10. The summed E-state index contributed by atoms with van der Waals surface area (Å²) in [5.74, 6) is 0.897. The van der Waals surface area contributed by atoms with Gasteiger partial charge < -0.3 is 10.1 Å². The molecule has 96 valence electrons. The smallest absolute Gasteiger partial charge is 0.124 e. The van der Waals surface area contributed by atoms with E-state index < -0.39 is 0 Å². The number of nitrogens with one attached hydrogen (secondary N) is 1. The second-order valence-corrected chi connectivity index (χ2v) is 4.68. The van der Waals surface area contributed by atoms with Crippen molar-refractivity contribution in [1.29, 1.82) is 0 Å². The summed E-state index contributed by atoms with van der Waals surface area (Å²) in [5, 5.41) is 4.06. The summed E-state index contributed by atoms with van der Waals surface area (Å²) in [6.45, 7) is 8.18. The summed E-state index contributed by atoms with van der Waals surface area (Å²) < 4.78 is 6.02. The van der Waals surface area contributed by atoms with Crippen LogP contribution in [0.5, 0.6) is 5.75 Å². The number of aryl methyl sites for hydroxylation is 1. The standard InChI is InChI=1S/C14H22ClNO/c1-4-6-13(10-16-5-2)17-14-9-12(15)8-7-11(14)3/h7-9,13,16H,4-6,10H2,1-3H3. The van der Waals surface area contributed by atoms with Crippen LogP contribution in [0.1, 0.15) is 32.3 Å². The molecule has 0 aliphatic rings. The molecule has 0 bridgehead atoms. The zero-order chi connectivity index (χ0) is 12.7. The van der Waals surface area contributed by atoms with Crippen molar-refractivity contribution in [3.63, 3.8) is 0 Å². The van der Waals surface area contributed by atoms with Gasteiger partial charge >= 0.3 is 0 Å². The lowest BCUT2D eigenvalue weighted by atomic mass is 10.2. The van der Waals surface area contributed by atoms with E-state index >= 15 is 0 Å². The Hall–Kier alpha value is -0.730. The molecule has 0 heterocycles. The molecule has 0 saturated heterocycles. The average Bonchev–Trinajstić information content (AvgIpc) is 2.31. The van der Waals surface area contributed by atoms with Crippen LogP contribution >= 0.6 is 11.6 Å². The Morgan fingerprint density at radius 3 is 2.76 bits per heavy atom. The van der Waals surface area contributed by atoms with E-state index in [2.05, 4.69) is 19.2 Å². The van der Waals surface area contributed by atoms with E-state index in [-0.39, 0.29) is 6.10 Å². The zero-order valence-electron chi connectivity index (χ0n) is 10.9. The van der Waals surface area contributed by atoms with Gasteiger partial charge in [-0.25, -0.2) is 0 Å². The second kappa shape index (κ2) is 7.57. The van der Waals surface area contributed by atoms with E-state index in [1.54, 1.807) is 0 Å². The lowest BCUT2D eigenvalue weighted by molar-refractivity contribution is 0.186. The van der Waals surface area contributed by atoms with E-state index in [0.29, 0.717) is 0 Å². The van der Waals surface area contributed by atoms with E-state index in [1.807, 2.05) is 25.1 Å². The van der Waals surface area contributed by atoms with Gasteiger partial charge in [-0.3, -0.25) is 0 Å². The van der Waals surface area contributed by atoms with Gasteiger partial charge in [0.25, 0.3) is 0 Å². The first-order chi connectivity index (χ1) is 8.17. The highest BCUT2D eigenvalue weighted by atomic mass is 35.5. The fourth-order valence-electron chi connectivity index (χ4n) is 1.71. The van der Waals surface area contributed by atoms with Crippen molar-refractivity contribution >= 4 is 11.6 Å². The van der Waals surface area contributed by atoms with Crippen LogP contribution in [-0.4, -0.2) is 19.2 Å². The van der Waals surface area contributed by atoms with Gasteiger partial charge in [0.05, 0.1) is 0 Å². The lowest BCUT2D eigenvalue weighted by Gasteiger charge is -2.20. The van der Waals surface area contributed by atoms with Crippen LogP contribution in [-0.2, 0) is 0 Å². The second-order valence-electron chi connectivity index (χ2n) is 4.25. The summed E-state index contributed by atoms with van der Waals surface area (Å²) in [7, 11) is 0. The molecule has 0 fully saturated rings. The van der Waals surface area contributed by atoms with Crippen molar-refractivity contribution in [3.8, 4) is 5.75 Å². The predicted octanol–water partition coefficient (Wildman–Crippen LogP) is 3.81. The van der Waals surface area contributed by atoms with Gasteiger partial charge in [0.15, 0.2) is 0 Å². The van der Waals surface area contributed by atoms with Gasteiger partial charge in [0.1, 0.15) is 11.9 Å². The molecule has 0 aromatic heterocycles. The first kappa shape index (κ1) is 14.3. The number of hydrogen-bond acceptors (Lipinski definition) is 2. The van der Waals surface area contributed by atoms with Crippen molar-refractivity contribution in [2.45, 2.75) is 39.7 Å². The van der Waals surface area contributed by atoms with Crippen molar-refractivity contribution in [2.24, 2.45) is 0 Å². The van der Waals surface area contributed by atoms with Gasteiger partial charge in [-0.05, 0) is 37.6 Å². The molecule has 0 radical (unpaired) electrons. The van der Waals surface area contributed by atoms with E-state index in [9.17, 15) is 0 Å². The third kappa shape index (κ3) is 4.97. The Kier molecular flexibility index (Phi) is 6.38. The van der Waals surface area contributed by atoms with Gasteiger partial charge in [0, 0.05) is 11.6 Å². The van der Waals surface area contributed by atoms with Gasteiger partial charge in [0.2, 0.25) is 0 Å². The van der Waals surface area contributed by atoms with E-state index in [1.165, 1.54) is 0 Å². The minimum Gasteiger partial charge on any atom is -0.489 e. The zero-order valence-corrected chi connectivity index (χ0v) is 11.7. The van der Waals surface area contributed by atoms with Crippen LogP contribution in [0.15, 0.2) is 18.2 Å². The lowest BCUT2D eigenvalue weighted by Crippen LogP contribution is -2.31. The first-order valence-electron chi connectivity index (χ1n) is 6.30. The minimum atomic E-state index is 0.220.